The second-order valence-corrected chi connectivity index (χ2v) is 4.29. The number of nitrogens with one attached hydrogen (secondary N) is 1. The second-order valence-electron chi connectivity index (χ2n) is 3.88. The molecule has 1 aromatic heterocycles. The summed E-state index contributed by atoms with van der Waals surface area (Å²) >= 11 is 6.09. The lowest BCUT2D eigenvalue weighted by Crippen LogP contribution is -2.29. The van der Waals surface area contributed by atoms with Crippen LogP contribution in [0.25, 0.3) is 0 Å². The van der Waals surface area contributed by atoms with Crippen LogP contribution in [0.1, 0.15) is 17.2 Å². The molecule has 1 unspecified atom stereocenters. The lowest BCUT2D eigenvalue weighted by molar-refractivity contribution is 0.402. The lowest BCUT2D eigenvalue weighted by atomic mass is 9.99. The Labute approximate surface area is 115 Å². The van der Waals surface area contributed by atoms with Crippen molar-refractivity contribution >= 4 is 11.6 Å². The molecule has 0 aliphatic heterocycles. The number of halogens is 2. The summed E-state index contributed by atoms with van der Waals surface area (Å²) in [5, 5.41) is 0.441. The van der Waals surface area contributed by atoms with Crippen molar-refractivity contribution in [3.8, 4) is 5.75 Å². The Hall–Kier alpha value is -1.69. The van der Waals surface area contributed by atoms with Crippen LogP contribution in [-0.4, -0.2) is 12.1 Å². The Morgan fingerprint density at radius 1 is 1.37 bits per heavy atom. The lowest BCUT2D eigenvalue weighted by Gasteiger charge is -2.20. The Kier molecular flexibility index (Phi) is 4.31. The largest absolute Gasteiger partial charge is 0.496 e. The van der Waals surface area contributed by atoms with Crippen LogP contribution in [-0.2, 0) is 0 Å². The van der Waals surface area contributed by atoms with E-state index in [2.05, 4.69) is 10.4 Å². The van der Waals surface area contributed by atoms with Crippen molar-refractivity contribution in [2.24, 2.45) is 5.84 Å². The highest BCUT2D eigenvalue weighted by atomic mass is 35.5. The van der Waals surface area contributed by atoms with Crippen molar-refractivity contribution in [1.29, 1.82) is 0 Å². The summed E-state index contributed by atoms with van der Waals surface area (Å²) < 4.78 is 18.7. The molecule has 1 heterocycles. The van der Waals surface area contributed by atoms with Crippen molar-refractivity contribution in [3.63, 3.8) is 0 Å². The molecule has 1 aromatic carbocycles. The predicted molar refractivity (Wildman–Crippen MR) is 71.4 cm³/mol. The Balaban J connectivity index is 2.54. The van der Waals surface area contributed by atoms with Gasteiger partial charge in [0.1, 0.15) is 11.6 Å². The number of hydrogen-bond acceptors (Lipinski definition) is 4. The fourth-order valence-corrected chi connectivity index (χ4v) is 2.13. The normalized spacial score (nSPS) is 12.2. The van der Waals surface area contributed by atoms with Gasteiger partial charge in [0.05, 0.1) is 18.2 Å². The topological polar surface area (TPSA) is 60.2 Å². The molecule has 0 amide bonds. The van der Waals surface area contributed by atoms with Gasteiger partial charge in [-0.15, -0.1) is 0 Å². The zero-order valence-electron chi connectivity index (χ0n) is 10.2. The maximum atomic E-state index is 13.4. The van der Waals surface area contributed by atoms with Crippen molar-refractivity contribution < 1.29 is 9.13 Å². The van der Waals surface area contributed by atoms with Gasteiger partial charge >= 0.3 is 0 Å². The minimum Gasteiger partial charge on any atom is -0.496 e. The molecule has 4 nitrogen and oxygen atoms in total. The van der Waals surface area contributed by atoms with E-state index in [4.69, 9.17) is 22.2 Å². The molecule has 19 heavy (non-hydrogen) atoms. The Morgan fingerprint density at radius 3 is 2.79 bits per heavy atom. The van der Waals surface area contributed by atoms with E-state index in [1.807, 2.05) is 0 Å². The molecule has 3 N–H and O–H groups in total. The third kappa shape index (κ3) is 2.84. The van der Waals surface area contributed by atoms with Crippen LogP contribution in [0.2, 0.25) is 5.02 Å². The number of pyridine rings is 1. The number of benzene rings is 1. The van der Waals surface area contributed by atoms with Crippen molar-refractivity contribution in [3.05, 3.63) is 58.6 Å². The number of rotatable bonds is 4. The molecule has 2 rings (SSSR count). The summed E-state index contributed by atoms with van der Waals surface area (Å²) in [7, 11) is 1.51. The molecule has 0 spiro atoms. The minimum absolute atomic E-state index is 0.374. The average molecular weight is 282 g/mol. The number of hydrazine groups is 1. The summed E-state index contributed by atoms with van der Waals surface area (Å²) in [5.74, 6) is 5.72. The molecule has 100 valence electrons. The number of nitrogens with two attached hydrogens (primary N) is 1. The van der Waals surface area contributed by atoms with Gasteiger partial charge in [-0.05, 0) is 29.8 Å². The van der Waals surface area contributed by atoms with Gasteiger partial charge in [-0.2, -0.15) is 0 Å². The smallest absolute Gasteiger partial charge is 0.124 e. The molecule has 0 radical (unpaired) electrons. The Bertz CT molecular complexity index is 580. The van der Waals surface area contributed by atoms with Gasteiger partial charge in [0.15, 0.2) is 0 Å². The van der Waals surface area contributed by atoms with E-state index in [0.29, 0.717) is 21.9 Å². The van der Waals surface area contributed by atoms with E-state index < -0.39 is 6.04 Å². The summed E-state index contributed by atoms with van der Waals surface area (Å²) in [4.78, 5) is 3.91. The molecule has 0 saturated heterocycles. The maximum Gasteiger partial charge on any atom is 0.124 e. The first kappa shape index (κ1) is 13.7. The molecule has 6 heteroatoms. The zero-order chi connectivity index (χ0) is 13.8. The van der Waals surface area contributed by atoms with Gasteiger partial charge in [-0.25, -0.2) is 9.82 Å². The predicted octanol–water partition coefficient (Wildman–Crippen LogP) is 2.44. The molecular weight excluding hydrogens is 269 g/mol. The average Bonchev–Trinajstić information content (AvgIpc) is 2.42. The SMILES string of the molecule is COc1ccc(F)cc1C(NN)c1ccncc1Cl. The van der Waals surface area contributed by atoms with E-state index in [-0.39, 0.29) is 5.82 Å². The third-order valence-electron chi connectivity index (χ3n) is 2.78. The van der Waals surface area contributed by atoms with Crippen LogP contribution >= 0.6 is 11.6 Å². The van der Waals surface area contributed by atoms with Gasteiger partial charge in [0.25, 0.3) is 0 Å². The summed E-state index contributed by atoms with van der Waals surface area (Å²) in [6.07, 6.45) is 3.10. The van der Waals surface area contributed by atoms with E-state index in [9.17, 15) is 4.39 Å². The van der Waals surface area contributed by atoms with Crippen LogP contribution in [0, 0.1) is 5.82 Å². The van der Waals surface area contributed by atoms with Crippen LogP contribution in [0.5, 0.6) is 5.75 Å². The number of ether oxygens (including phenoxy) is 1. The van der Waals surface area contributed by atoms with Gasteiger partial charge in [0, 0.05) is 18.0 Å². The minimum atomic E-state index is -0.485. The third-order valence-corrected chi connectivity index (χ3v) is 3.10. The van der Waals surface area contributed by atoms with Gasteiger partial charge in [0.2, 0.25) is 0 Å². The van der Waals surface area contributed by atoms with Crippen molar-refractivity contribution in [2.45, 2.75) is 6.04 Å². The highest BCUT2D eigenvalue weighted by molar-refractivity contribution is 6.31. The van der Waals surface area contributed by atoms with E-state index >= 15 is 0 Å². The van der Waals surface area contributed by atoms with Crippen molar-refractivity contribution in [1.82, 2.24) is 10.4 Å². The van der Waals surface area contributed by atoms with E-state index in [0.717, 1.165) is 0 Å². The van der Waals surface area contributed by atoms with Crippen LogP contribution in [0.3, 0.4) is 0 Å². The van der Waals surface area contributed by atoms with Crippen molar-refractivity contribution in [2.75, 3.05) is 7.11 Å². The highest BCUT2D eigenvalue weighted by Crippen LogP contribution is 2.33. The number of hydrogen-bond donors (Lipinski definition) is 2. The summed E-state index contributed by atoms with van der Waals surface area (Å²) in [5.41, 5.74) is 3.88. The summed E-state index contributed by atoms with van der Waals surface area (Å²) in [6, 6.07) is 5.46. The highest BCUT2D eigenvalue weighted by Gasteiger charge is 2.20. The first-order chi connectivity index (χ1) is 9.17. The number of aromatic nitrogens is 1. The number of methoxy groups -OCH3 is 1. The van der Waals surface area contributed by atoms with Crippen LogP contribution < -0.4 is 16.0 Å². The Morgan fingerprint density at radius 2 is 2.16 bits per heavy atom. The molecule has 0 saturated carbocycles. The fourth-order valence-electron chi connectivity index (χ4n) is 1.90. The van der Waals surface area contributed by atoms with Gasteiger partial charge < -0.3 is 4.74 Å². The standard InChI is InChI=1S/C13H13ClFN3O/c1-19-12-3-2-8(15)6-10(12)13(18-16)9-4-5-17-7-11(9)14/h2-7,13,18H,16H2,1H3. The van der Waals surface area contributed by atoms with E-state index in [1.165, 1.54) is 25.4 Å². The van der Waals surface area contributed by atoms with Gasteiger partial charge in [-0.1, -0.05) is 11.6 Å². The monoisotopic (exact) mass is 281 g/mol. The van der Waals surface area contributed by atoms with Crippen LogP contribution in [0.15, 0.2) is 36.7 Å². The fraction of sp³-hybridized carbons (Fsp3) is 0.154. The second kappa shape index (κ2) is 5.97. The molecule has 0 fully saturated rings. The molecule has 1 atom stereocenters. The van der Waals surface area contributed by atoms with Gasteiger partial charge in [-0.3, -0.25) is 10.8 Å². The molecule has 2 aromatic rings. The van der Waals surface area contributed by atoms with E-state index in [1.54, 1.807) is 18.3 Å². The molecule has 0 aliphatic rings. The molecule has 0 bridgehead atoms. The first-order valence-electron chi connectivity index (χ1n) is 5.56. The number of nitrogens with zero attached hydrogens (tertiary/aromatic N) is 1. The molecular formula is C13H13ClFN3O. The zero-order valence-corrected chi connectivity index (χ0v) is 11.0. The molecule has 0 aliphatic carbocycles. The quantitative estimate of drug-likeness (QED) is 0.667. The summed E-state index contributed by atoms with van der Waals surface area (Å²) in [6.45, 7) is 0. The maximum absolute atomic E-state index is 13.4. The van der Waals surface area contributed by atoms with Crippen LogP contribution in [0.4, 0.5) is 4.39 Å². The first-order valence-corrected chi connectivity index (χ1v) is 5.94.